The van der Waals surface area contributed by atoms with E-state index in [0.29, 0.717) is 65.0 Å². The van der Waals surface area contributed by atoms with Gasteiger partial charge in [0.05, 0.1) is 13.5 Å². The van der Waals surface area contributed by atoms with Crippen LogP contribution >= 0.6 is 0 Å². The quantitative estimate of drug-likeness (QED) is 0.209. The summed E-state index contributed by atoms with van der Waals surface area (Å²) in [6, 6.07) is 0. The molecule has 4 aliphatic heterocycles. The number of nitrogens with zero attached hydrogens (tertiary/aromatic N) is 3. The van der Waals surface area contributed by atoms with Crippen molar-refractivity contribution in [2.45, 2.75) is 131 Å². The molecule has 286 valence electrons. The second-order valence-corrected chi connectivity index (χ2v) is 16.5. The Hall–Kier alpha value is -3.35. The first kappa shape index (κ1) is 44.7. The predicted octanol–water partition coefficient (Wildman–Crippen LogP) is 6.25. The molecule has 0 aromatic carbocycles. The van der Waals surface area contributed by atoms with Gasteiger partial charge in [-0.1, -0.05) is 6.92 Å². The number of ether oxygens (including phenoxy) is 4. The summed E-state index contributed by atoms with van der Waals surface area (Å²) in [5.74, 6) is 0.498. The molecule has 4 saturated heterocycles. The van der Waals surface area contributed by atoms with Gasteiger partial charge in [0.25, 0.3) is 0 Å². The summed E-state index contributed by atoms with van der Waals surface area (Å²) < 4.78 is 20.6. The van der Waals surface area contributed by atoms with E-state index in [1.165, 1.54) is 12.8 Å². The van der Waals surface area contributed by atoms with Gasteiger partial charge in [-0.05, 0) is 82.1 Å². The van der Waals surface area contributed by atoms with Crippen molar-refractivity contribution in [2.24, 2.45) is 11.3 Å². The summed E-state index contributed by atoms with van der Waals surface area (Å²) in [7, 11) is 0. The maximum atomic E-state index is 11.8. The van der Waals surface area contributed by atoms with E-state index in [4.69, 9.17) is 18.9 Å². The van der Waals surface area contributed by atoms with Crippen molar-refractivity contribution >= 4 is 35.6 Å². The second kappa shape index (κ2) is 19.3. The monoisotopic (exact) mass is 710 g/mol. The predicted molar refractivity (Wildman–Crippen MR) is 190 cm³/mol. The zero-order valence-corrected chi connectivity index (χ0v) is 32.6. The van der Waals surface area contributed by atoms with E-state index in [0.717, 1.165) is 13.2 Å². The molecular formula is C37H64N3O10+. The lowest BCUT2D eigenvalue weighted by Crippen LogP contribution is -2.50. The normalized spacial score (nSPS) is 22.9. The van der Waals surface area contributed by atoms with Crippen LogP contribution in [0.4, 0.5) is 14.4 Å². The van der Waals surface area contributed by atoms with Crippen LogP contribution in [0.3, 0.4) is 0 Å². The molecule has 13 nitrogen and oxygen atoms in total. The zero-order chi connectivity index (χ0) is 38.5. The highest BCUT2D eigenvalue weighted by Gasteiger charge is 2.43. The van der Waals surface area contributed by atoms with Crippen molar-refractivity contribution in [3.8, 4) is 0 Å². The SMILES string of the molecule is C1CCOC1.CC(C)(C)OC(=O)N1CCC(=O)CC1.CC1CN(C(=O)OC(C)(C)C)CCC1=O.[CH2+]C1(C)CN(C(=O)OC(C)(C)C)CCC1=O. The molecule has 0 aromatic rings. The Morgan fingerprint density at radius 3 is 1.46 bits per heavy atom. The number of piperidine rings is 3. The molecule has 0 radical (unpaired) electrons. The Balaban J connectivity index is 0.000000350. The highest BCUT2D eigenvalue weighted by Crippen LogP contribution is 2.26. The fourth-order valence-corrected chi connectivity index (χ4v) is 4.89. The molecule has 2 atom stereocenters. The van der Waals surface area contributed by atoms with Crippen molar-refractivity contribution in [2.75, 3.05) is 52.5 Å². The number of likely N-dealkylation sites (tertiary alicyclic amines) is 3. The molecule has 0 N–H and O–H groups in total. The van der Waals surface area contributed by atoms with Crippen LogP contribution in [0.25, 0.3) is 0 Å². The Kier molecular flexibility index (Phi) is 17.3. The van der Waals surface area contributed by atoms with Gasteiger partial charge < -0.3 is 33.6 Å². The van der Waals surface area contributed by atoms with Gasteiger partial charge in [0.15, 0.2) is 11.2 Å². The van der Waals surface area contributed by atoms with E-state index in [1.54, 1.807) is 21.6 Å². The first-order valence-electron chi connectivity index (χ1n) is 17.7. The third-order valence-corrected chi connectivity index (χ3v) is 7.60. The minimum Gasteiger partial charge on any atom is -0.444 e. The molecule has 2 unspecified atom stereocenters. The van der Waals surface area contributed by atoms with Crippen LogP contribution in [-0.2, 0) is 33.3 Å². The smallest absolute Gasteiger partial charge is 0.410 e. The number of carbonyl (C=O) groups excluding carboxylic acids is 6. The van der Waals surface area contributed by atoms with E-state index in [1.807, 2.05) is 69.2 Å². The Morgan fingerprint density at radius 2 is 1.08 bits per heavy atom. The highest BCUT2D eigenvalue weighted by atomic mass is 16.6. The maximum Gasteiger partial charge on any atom is 0.410 e. The van der Waals surface area contributed by atoms with Gasteiger partial charge in [0.2, 0.25) is 0 Å². The van der Waals surface area contributed by atoms with E-state index >= 15 is 0 Å². The fraction of sp³-hybridized carbons (Fsp3) is 0.811. The number of ketones is 3. The van der Waals surface area contributed by atoms with Crippen LogP contribution in [0, 0.1) is 18.3 Å². The largest absolute Gasteiger partial charge is 0.444 e. The molecule has 0 aromatic heterocycles. The Bertz CT molecular complexity index is 1140. The molecular weight excluding hydrogens is 646 g/mol. The average Bonchev–Trinajstić information content (AvgIpc) is 3.55. The van der Waals surface area contributed by atoms with E-state index in [-0.39, 0.29) is 41.5 Å². The second-order valence-electron chi connectivity index (χ2n) is 16.5. The lowest BCUT2D eigenvalue weighted by Gasteiger charge is -2.33. The van der Waals surface area contributed by atoms with Crippen LogP contribution in [0.1, 0.15) is 115 Å². The van der Waals surface area contributed by atoms with Crippen LogP contribution in [-0.4, -0.2) is 120 Å². The summed E-state index contributed by atoms with van der Waals surface area (Å²) in [5, 5.41) is 0. The molecule has 0 bridgehead atoms. The van der Waals surface area contributed by atoms with Crippen molar-refractivity contribution < 1.29 is 47.7 Å². The lowest BCUT2D eigenvalue weighted by atomic mass is 9.83. The average molecular weight is 711 g/mol. The Labute approximate surface area is 300 Å². The van der Waals surface area contributed by atoms with E-state index in [2.05, 4.69) is 6.92 Å². The third-order valence-electron chi connectivity index (χ3n) is 7.60. The molecule has 0 saturated carbocycles. The lowest BCUT2D eigenvalue weighted by molar-refractivity contribution is -0.129. The first-order chi connectivity index (χ1) is 22.8. The number of amides is 3. The Morgan fingerprint density at radius 1 is 0.680 bits per heavy atom. The van der Waals surface area contributed by atoms with Crippen LogP contribution in [0.5, 0.6) is 0 Å². The van der Waals surface area contributed by atoms with Gasteiger partial charge in [-0.2, -0.15) is 0 Å². The minimum atomic E-state index is -0.699. The molecule has 4 aliphatic rings. The molecule has 50 heavy (non-hydrogen) atoms. The summed E-state index contributed by atoms with van der Waals surface area (Å²) in [5.41, 5.74) is -2.13. The summed E-state index contributed by atoms with van der Waals surface area (Å²) in [6.07, 6.45) is 3.28. The number of carbonyl (C=O) groups is 6. The van der Waals surface area contributed by atoms with Gasteiger partial charge in [-0.15, -0.1) is 0 Å². The van der Waals surface area contributed by atoms with Crippen molar-refractivity contribution in [1.29, 1.82) is 0 Å². The number of hydrogen-bond acceptors (Lipinski definition) is 10. The molecule has 13 heteroatoms. The van der Waals surface area contributed by atoms with E-state index in [9.17, 15) is 28.8 Å². The van der Waals surface area contributed by atoms with Crippen LogP contribution in [0.2, 0.25) is 0 Å². The number of rotatable bonds is 0. The molecule has 0 spiro atoms. The van der Waals surface area contributed by atoms with Crippen LogP contribution < -0.4 is 0 Å². The van der Waals surface area contributed by atoms with Gasteiger partial charge in [-0.25, -0.2) is 14.4 Å². The molecule has 4 fully saturated rings. The minimum absolute atomic E-state index is 0.0636. The van der Waals surface area contributed by atoms with Crippen LogP contribution in [0.15, 0.2) is 0 Å². The molecule has 4 heterocycles. The molecule has 0 aliphatic carbocycles. The van der Waals surface area contributed by atoms with Crippen molar-refractivity contribution in [3.63, 3.8) is 0 Å². The third kappa shape index (κ3) is 18.6. The van der Waals surface area contributed by atoms with Crippen molar-refractivity contribution in [1.82, 2.24) is 14.7 Å². The molecule has 4 rings (SSSR count). The highest BCUT2D eigenvalue weighted by molar-refractivity contribution is 5.88. The number of hydrogen-bond donors (Lipinski definition) is 0. The van der Waals surface area contributed by atoms with Gasteiger partial charge in [0.1, 0.15) is 28.4 Å². The molecule has 3 amide bonds. The van der Waals surface area contributed by atoms with Gasteiger partial charge in [0, 0.05) is 77.5 Å². The summed E-state index contributed by atoms with van der Waals surface area (Å²) in [6.45, 7) is 28.6. The maximum absolute atomic E-state index is 11.8. The van der Waals surface area contributed by atoms with E-state index < -0.39 is 22.2 Å². The zero-order valence-electron chi connectivity index (χ0n) is 32.6. The standard InChI is InChI=1S/C12H20NO3.C11H19NO3.C10H17NO3.C4H8O/c1-11(2,3)16-10(15)13-7-6-9(14)12(4,5)8-13;1-8-7-12(6-5-9(8)13)10(14)15-11(2,3)4;1-10(2,3)14-9(13)11-6-4-8(12)5-7-11;1-2-4-5-3-1/h4,6-8H2,1-3,5H3;8H,5-7H2,1-4H3;4-7H2,1-3H3;1-4H2/q+1;;;. The van der Waals surface area contributed by atoms with Gasteiger partial charge in [-0.3, -0.25) is 14.4 Å². The fourth-order valence-electron chi connectivity index (χ4n) is 4.89. The van der Waals surface area contributed by atoms with Crippen molar-refractivity contribution in [3.05, 3.63) is 6.92 Å². The number of Topliss-reactive ketones (excluding diaryl/α,β-unsaturated/α-hetero) is 3. The summed E-state index contributed by atoms with van der Waals surface area (Å²) in [4.78, 5) is 73.4. The topological polar surface area (TPSA) is 149 Å². The van der Waals surface area contributed by atoms with Gasteiger partial charge >= 0.3 is 18.3 Å². The summed E-state index contributed by atoms with van der Waals surface area (Å²) >= 11 is 0. The first-order valence-corrected chi connectivity index (χ1v) is 17.7.